The minimum absolute atomic E-state index is 0.0390. The van der Waals surface area contributed by atoms with Gasteiger partial charge in [0, 0.05) is 11.8 Å². The molecule has 0 N–H and O–H groups in total. The van der Waals surface area contributed by atoms with Crippen LogP contribution in [0, 0.1) is 0 Å². The molecule has 2 aromatic rings. The van der Waals surface area contributed by atoms with Gasteiger partial charge in [0.15, 0.2) is 15.6 Å². The molecule has 0 aliphatic rings. The topological polar surface area (TPSA) is 60.4 Å². The van der Waals surface area contributed by atoms with Gasteiger partial charge >= 0.3 is 0 Å². The lowest BCUT2D eigenvalue weighted by Crippen LogP contribution is -1.96. The number of benzene rings is 2. The summed E-state index contributed by atoms with van der Waals surface area (Å²) in [4.78, 5) is 11.5. The van der Waals surface area contributed by atoms with Crippen molar-refractivity contribution in [1.82, 2.24) is 0 Å². The minimum atomic E-state index is -3.21. The summed E-state index contributed by atoms with van der Waals surface area (Å²) in [5.74, 6) is 1.01. The molecule has 0 atom stereocenters. The van der Waals surface area contributed by atoms with E-state index in [0.29, 0.717) is 17.1 Å². The predicted molar refractivity (Wildman–Crippen MR) is 76.1 cm³/mol. The van der Waals surface area contributed by atoms with Crippen LogP contribution in [0.15, 0.2) is 53.4 Å². The number of carbonyl (C=O) groups excluding carboxylic acids is 1. The van der Waals surface area contributed by atoms with E-state index in [4.69, 9.17) is 4.74 Å². The van der Waals surface area contributed by atoms with Crippen LogP contribution in [0.4, 0.5) is 0 Å². The monoisotopic (exact) mass is 290 g/mol. The first-order valence-corrected chi connectivity index (χ1v) is 7.84. The normalized spacial score (nSPS) is 11.1. The molecule has 0 aliphatic heterocycles. The molecule has 0 aromatic heterocycles. The van der Waals surface area contributed by atoms with Crippen molar-refractivity contribution >= 4 is 15.6 Å². The maximum Gasteiger partial charge on any atom is 0.175 e. The summed E-state index contributed by atoms with van der Waals surface area (Å²) < 4.78 is 28.3. The van der Waals surface area contributed by atoms with Gasteiger partial charge in [0.2, 0.25) is 0 Å². The molecule has 104 valence electrons. The Morgan fingerprint density at radius 1 is 1.00 bits per heavy atom. The smallest absolute Gasteiger partial charge is 0.175 e. The Morgan fingerprint density at radius 2 is 1.65 bits per heavy atom. The Morgan fingerprint density at radius 3 is 2.20 bits per heavy atom. The number of ketones is 1. The van der Waals surface area contributed by atoms with Crippen molar-refractivity contribution in [2.24, 2.45) is 0 Å². The van der Waals surface area contributed by atoms with Gasteiger partial charge in [-0.25, -0.2) is 8.42 Å². The molecular formula is C15H14O4S. The van der Waals surface area contributed by atoms with Gasteiger partial charge in [-0.15, -0.1) is 0 Å². The van der Waals surface area contributed by atoms with Crippen molar-refractivity contribution in [3.05, 3.63) is 54.1 Å². The van der Waals surface area contributed by atoms with Crippen LogP contribution in [0.2, 0.25) is 0 Å². The van der Waals surface area contributed by atoms with Gasteiger partial charge in [0.05, 0.1) is 4.90 Å². The maximum absolute atomic E-state index is 11.3. The summed E-state index contributed by atoms with van der Waals surface area (Å²) in [6, 6.07) is 13.0. The van der Waals surface area contributed by atoms with E-state index in [2.05, 4.69) is 0 Å². The predicted octanol–water partition coefficient (Wildman–Crippen LogP) is 3.09. The Kier molecular flexibility index (Phi) is 3.90. The molecule has 0 aliphatic carbocycles. The zero-order chi connectivity index (χ0) is 14.8. The van der Waals surface area contributed by atoms with Gasteiger partial charge in [0.1, 0.15) is 11.5 Å². The first-order chi connectivity index (χ1) is 9.36. The molecule has 0 spiro atoms. The lowest BCUT2D eigenvalue weighted by Gasteiger charge is -2.07. The maximum atomic E-state index is 11.3. The SMILES string of the molecule is CC(=O)c1cccc(Oc2ccc(S(C)(=O)=O)cc2)c1. The van der Waals surface area contributed by atoms with Crippen molar-refractivity contribution in [2.75, 3.05) is 6.26 Å². The molecule has 0 unspecified atom stereocenters. The van der Waals surface area contributed by atoms with Crippen LogP contribution in [0.5, 0.6) is 11.5 Å². The quantitative estimate of drug-likeness (QED) is 0.812. The zero-order valence-electron chi connectivity index (χ0n) is 11.2. The van der Waals surface area contributed by atoms with E-state index >= 15 is 0 Å². The first kappa shape index (κ1) is 14.3. The molecule has 0 amide bonds. The largest absolute Gasteiger partial charge is 0.457 e. The fourth-order valence-electron chi connectivity index (χ4n) is 1.67. The van der Waals surface area contributed by atoms with E-state index < -0.39 is 9.84 Å². The number of hydrogen-bond donors (Lipinski definition) is 0. The van der Waals surface area contributed by atoms with Crippen LogP contribution in [0.3, 0.4) is 0 Å². The van der Waals surface area contributed by atoms with Gasteiger partial charge in [-0.1, -0.05) is 12.1 Å². The van der Waals surface area contributed by atoms with Crippen LogP contribution in [0.25, 0.3) is 0 Å². The van der Waals surface area contributed by atoms with Gasteiger partial charge < -0.3 is 4.74 Å². The van der Waals surface area contributed by atoms with Crippen LogP contribution in [-0.4, -0.2) is 20.5 Å². The summed E-state index contributed by atoms with van der Waals surface area (Å²) in [7, 11) is -3.21. The molecule has 20 heavy (non-hydrogen) atoms. The molecule has 0 saturated carbocycles. The summed E-state index contributed by atoms with van der Waals surface area (Å²) in [5.41, 5.74) is 0.565. The Hall–Kier alpha value is -2.14. The molecule has 0 bridgehead atoms. The number of carbonyl (C=O) groups is 1. The standard InChI is InChI=1S/C15H14O4S/c1-11(16)12-4-3-5-14(10-12)19-13-6-8-15(9-7-13)20(2,17)18/h3-10H,1-2H3. The lowest BCUT2D eigenvalue weighted by atomic mass is 10.1. The van der Waals surface area contributed by atoms with Gasteiger partial charge in [-0.3, -0.25) is 4.79 Å². The van der Waals surface area contributed by atoms with E-state index in [1.165, 1.54) is 19.1 Å². The minimum Gasteiger partial charge on any atom is -0.457 e. The second-order valence-corrected chi connectivity index (χ2v) is 6.45. The molecule has 5 heteroatoms. The first-order valence-electron chi connectivity index (χ1n) is 5.95. The molecule has 2 aromatic carbocycles. The second kappa shape index (κ2) is 5.46. The van der Waals surface area contributed by atoms with Crippen molar-refractivity contribution in [3.8, 4) is 11.5 Å². The summed E-state index contributed by atoms with van der Waals surface area (Å²) in [6.45, 7) is 1.49. The highest BCUT2D eigenvalue weighted by molar-refractivity contribution is 7.90. The number of ether oxygens (including phenoxy) is 1. The molecule has 0 heterocycles. The fourth-order valence-corrected chi connectivity index (χ4v) is 2.30. The van der Waals surface area contributed by atoms with E-state index in [0.717, 1.165) is 6.26 Å². The third-order valence-corrected chi connectivity index (χ3v) is 3.86. The molecule has 0 fully saturated rings. The number of sulfone groups is 1. The third-order valence-electron chi connectivity index (χ3n) is 2.73. The fraction of sp³-hybridized carbons (Fsp3) is 0.133. The Labute approximate surface area is 117 Å². The molecule has 0 radical (unpaired) electrons. The van der Waals surface area contributed by atoms with Crippen LogP contribution in [-0.2, 0) is 9.84 Å². The molecular weight excluding hydrogens is 276 g/mol. The van der Waals surface area contributed by atoms with Crippen LogP contribution in [0.1, 0.15) is 17.3 Å². The van der Waals surface area contributed by atoms with Crippen molar-refractivity contribution in [2.45, 2.75) is 11.8 Å². The summed E-state index contributed by atoms with van der Waals surface area (Å²) in [6.07, 6.45) is 1.15. The van der Waals surface area contributed by atoms with Gasteiger partial charge in [0.25, 0.3) is 0 Å². The Bertz CT molecular complexity index is 731. The molecule has 0 saturated heterocycles. The summed E-state index contributed by atoms with van der Waals surface area (Å²) >= 11 is 0. The summed E-state index contributed by atoms with van der Waals surface area (Å²) in [5, 5.41) is 0. The second-order valence-electron chi connectivity index (χ2n) is 4.43. The highest BCUT2D eigenvalue weighted by Gasteiger charge is 2.07. The number of Topliss-reactive ketones (excluding diaryl/α,β-unsaturated/α-hetero) is 1. The number of hydrogen-bond acceptors (Lipinski definition) is 4. The van der Waals surface area contributed by atoms with E-state index in [-0.39, 0.29) is 10.7 Å². The number of rotatable bonds is 4. The van der Waals surface area contributed by atoms with Gasteiger partial charge in [-0.05, 0) is 43.3 Å². The van der Waals surface area contributed by atoms with Gasteiger partial charge in [-0.2, -0.15) is 0 Å². The van der Waals surface area contributed by atoms with Crippen molar-refractivity contribution in [1.29, 1.82) is 0 Å². The average molecular weight is 290 g/mol. The molecule has 2 rings (SSSR count). The van der Waals surface area contributed by atoms with Crippen molar-refractivity contribution in [3.63, 3.8) is 0 Å². The van der Waals surface area contributed by atoms with E-state index in [1.54, 1.807) is 36.4 Å². The third kappa shape index (κ3) is 3.45. The highest BCUT2D eigenvalue weighted by Crippen LogP contribution is 2.23. The van der Waals surface area contributed by atoms with E-state index in [9.17, 15) is 13.2 Å². The van der Waals surface area contributed by atoms with Crippen molar-refractivity contribution < 1.29 is 17.9 Å². The van der Waals surface area contributed by atoms with E-state index in [1.807, 2.05) is 0 Å². The average Bonchev–Trinajstić information content (AvgIpc) is 2.38. The zero-order valence-corrected chi connectivity index (χ0v) is 12.0. The molecule has 4 nitrogen and oxygen atoms in total. The van der Waals surface area contributed by atoms with Crippen LogP contribution >= 0.6 is 0 Å². The lowest BCUT2D eigenvalue weighted by molar-refractivity contribution is 0.101. The Balaban J connectivity index is 2.22. The highest BCUT2D eigenvalue weighted by atomic mass is 32.2. The van der Waals surface area contributed by atoms with Crippen LogP contribution < -0.4 is 4.74 Å².